The number of carbonyl (C=O) groups is 1. The SMILES string of the molecule is CCC(=O)N1CCN(CCOC(c2cc(C)[nH]n2)C2CCCCC2)CC1. The Labute approximate surface area is 157 Å². The highest BCUT2D eigenvalue weighted by atomic mass is 16.5. The van der Waals surface area contributed by atoms with Gasteiger partial charge in [-0.1, -0.05) is 26.2 Å². The van der Waals surface area contributed by atoms with Crippen molar-refractivity contribution in [3.63, 3.8) is 0 Å². The van der Waals surface area contributed by atoms with Crippen LogP contribution in [0.4, 0.5) is 0 Å². The summed E-state index contributed by atoms with van der Waals surface area (Å²) >= 11 is 0. The van der Waals surface area contributed by atoms with Crippen LogP contribution in [0.15, 0.2) is 6.07 Å². The molecule has 1 aromatic rings. The summed E-state index contributed by atoms with van der Waals surface area (Å²) in [6, 6.07) is 2.13. The molecule has 1 aliphatic carbocycles. The van der Waals surface area contributed by atoms with Crippen LogP contribution in [-0.4, -0.2) is 65.2 Å². The number of aromatic nitrogens is 2. The van der Waals surface area contributed by atoms with Gasteiger partial charge in [0.05, 0.1) is 12.3 Å². The van der Waals surface area contributed by atoms with Crippen molar-refractivity contribution in [3.05, 3.63) is 17.5 Å². The smallest absolute Gasteiger partial charge is 0.222 e. The fourth-order valence-corrected chi connectivity index (χ4v) is 4.24. The van der Waals surface area contributed by atoms with E-state index >= 15 is 0 Å². The van der Waals surface area contributed by atoms with Gasteiger partial charge in [0.25, 0.3) is 0 Å². The largest absolute Gasteiger partial charge is 0.370 e. The lowest BCUT2D eigenvalue weighted by Crippen LogP contribution is -2.49. The Morgan fingerprint density at radius 3 is 2.62 bits per heavy atom. The fraction of sp³-hybridized carbons (Fsp3) is 0.800. The first kappa shape index (κ1) is 19.4. The van der Waals surface area contributed by atoms with Crippen molar-refractivity contribution >= 4 is 5.91 Å². The molecule has 0 spiro atoms. The molecule has 1 N–H and O–H groups in total. The molecule has 0 radical (unpaired) electrons. The number of nitrogens with zero attached hydrogens (tertiary/aromatic N) is 3. The molecule has 1 aromatic heterocycles. The zero-order chi connectivity index (χ0) is 18.4. The van der Waals surface area contributed by atoms with Gasteiger partial charge in [0, 0.05) is 44.8 Å². The van der Waals surface area contributed by atoms with Crippen LogP contribution in [0.1, 0.15) is 62.9 Å². The van der Waals surface area contributed by atoms with E-state index in [-0.39, 0.29) is 12.0 Å². The lowest BCUT2D eigenvalue weighted by atomic mass is 9.84. The van der Waals surface area contributed by atoms with Crippen LogP contribution in [0.2, 0.25) is 0 Å². The van der Waals surface area contributed by atoms with Gasteiger partial charge in [0.15, 0.2) is 0 Å². The van der Waals surface area contributed by atoms with Crippen molar-refractivity contribution in [1.29, 1.82) is 0 Å². The van der Waals surface area contributed by atoms with Crippen LogP contribution >= 0.6 is 0 Å². The van der Waals surface area contributed by atoms with Crippen LogP contribution in [0, 0.1) is 12.8 Å². The number of piperazine rings is 1. The van der Waals surface area contributed by atoms with E-state index in [1.54, 1.807) is 0 Å². The highest BCUT2D eigenvalue weighted by molar-refractivity contribution is 5.75. The van der Waals surface area contributed by atoms with E-state index in [9.17, 15) is 4.79 Å². The van der Waals surface area contributed by atoms with Crippen molar-refractivity contribution in [2.45, 2.75) is 58.5 Å². The first-order chi connectivity index (χ1) is 12.7. The molecule has 1 saturated carbocycles. The Morgan fingerprint density at radius 1 is 1.27 bits per heavy atom. The van der Waals surface area contributed by atoms with Crippen molar-refractivity contribution < 1.29 is 9.53 Å². The molecule has 6 nitrogen and oxygen atoms in total. The molecule has 0 aromatic carbocycles. The molecular formula is C20H34N4O2. The Balaban J connectivity index is 1.48. The summed E-state index contributed by atoms with van der Waals surface area (Å²) in [5.41, 5.74) is 2.16. The molecule has 2 heterocycles. The maximum Gasteiger partial charge on any atom is 0.222 e. The first-order valence-corrected chi connectivity index (χ1v) is 10.3. The lowest BCUT2D eigenvalue weighted by Gasteiger charge is -2.35. The van der Waals surface area contributed by atoms with Crippen molar-refractivity contribution in [3.8, 4) is 0 Å². The maximum absolute atomic E-state index is 11.8. The molecule has 1 atom stereocenters. The summed E-state index contributed by atoms with van der Waals surface area (Å²) in [4.78, 5) is 16.2. The van der Waals surface area contributed by atoms with Crippen LogP contribution in [0.3, 0.4) is 0 Å². The van der Waals surface area contributed by atoms with Gasteiger partial charge in [-0.2, -0.15) is 5.10 Å². The van der Waals surface area contributed by atoms with Gasteiger partial charge < -0.3 is 9.64 Å². The van der Waals surface area contributed by atoms with E-state index in [0.29, 0.717) is 12.3 Å². The Morgan fingerprint density at radius 2 is 2.00 bits per heavy atom. The normalized spacial score (nSPS) is 21.1. The number of nitrogens with one attached hydrogen (secondary N) is 1. The first-order valence-electron chi connectivity index (χ1n) is 10.3. The molecule has 3 rings (SSSR count). The number of aryl methyl sites for hydroxylation is 1. The van der Waals surface area contributed by atoms with E-state index in [0.717, 1.165) is 50.7 Å². The number of ether oxygens (including phenoxy) is 1. The predicted molar refractivity (Wildman–Crippen MR) is 102 cm³/mol. The standard InChI is InChI=1S/C20H34N4O2/c1-3-19(25)24-11-9-23(10-12-24)13-14-26-20(17-7-5-4-6-8-17)18-15-16(2)21-22-18/h15,17,20H,3-14H2,1-2H3,(H,21,22). The number of rotatable bonds is 7. The van der Waals surface area contributed by atoms with Crippen LogP contribution < -0.4 is 0 Å². The number of aromatic amines is 1. The van der Waals surface area contributed by atoms with Gasteiger partial charge in [-0.15, -0.1) is 0 Å². The van der Waals surface area contributed by atoms with Crippen molar-refractivity contribution in [1.82, 2.24) is 20.0 Å². The number of hydrogen-bond donors (Lipinski definition) is 1. The minimum absolute atomic E-state index is 0.114. The average molecular weight is 363 g/mol. The van der Waals surface area contributed by atoms with E-state index < -0.39 is 0 Å². The van der Waals surface area contributed by atoms with Crippen LogP contribution in [0.5, 0.6) is 0 Å². The van der Waals surface area contributed by atoms with Crippen molar-refractivity contribution in [2.75, 3.05) is 39.3 Å². The number of H-pyrrole nitrogens is 1. The molecule has 2 fully saturated rings. The van der Waals surface area contributed by atoms with E-state index in [1.165, 1.54) is 32.1 Å². The topological polar surface area (TPSA) is 61.5 Å². The van der Waals surface area contributed by atoms with Gasteiger partial charge in [-0.25, -0.2) is 0 Å². The van der Waals surface area contributed by atoms with E-state index in [1.807, 2.05) is 18.7 Å². The number of hydrogen-bond acceptors (Lipinski definition) is 4. The highest BCUT2D eigenvalue weighted by Crippen LogP contribution is 2.36. The van der Waals surface area contributed by atoms with Crippen LogP contribution in [-0.2, 0) is 9.53 Å². The van der Waals surface area contributed by atoms with Gasteiger partial charge in [-0.3, -0.25) is 14.8 Å². The Bertz CT molecular complexity index is 560. The highest BCUT2D eigenvalue weighted by Gasteiger charge is 2.28. The maximum atomic E-state index is 11.8. The molecule has 1 saturated heterocycles. The third-order valence-corrected chi connectivity index (χ3v) is 5.83. The molecular weight excluding hydrogens is 328 g/mol. The molecule has 0 bridgehead atoms. The van der Waals surface area contributed by atoms with Gasteiger partial charge in [-0.05, 0) is 31.7 Å². The summed E-state index contributed by atoms with van der Waals surface area (Å²) in [7, 11) is 0. The quantitative estimate of drug-likeness (QED) is 0.810. The lowest BCUT2D eigenvalue weighted by molar-refractivity contribution is -0.132. The Hall–Kier alpha value is -1.40. The fourth-order valence-electron chi connectivity index (χ4n) is 4.24. The van der Waals surface area contributed by atoms with Crippen LogP contribution in [0.25, 0.3) is 0 Å². The molecule has 6 heteroatoms. The summed E-state index contributed by atoms with van der Waals surface area (Å²) < 4.78 is 6.37. The summed E-state index contributed by atoms with van der Waals surface area (Å²) in [5.74, 6) is 0.859. The zero-order valence-corrected chi connectivity index (χ0v) is 16.4. The minimum atomic E-state index is 0.114. The van der Waals surface area contributed by atoms with Crippen molar-refractivity contribution in [2.24, 2.45) is 5.92 Å². The molecule has 1 aliphatic heterocycles. The van der Waals surface area contributed by atoms with Gasteiger partial charge in [0.2, 0.25) is 5.91 Å². The second-order valence-corrected chi connectivity index (χ2v) is 7.74. The average Bonchev–Trinajstić information content (AvgIpc) is 3.11. The molecule has 1 unspecified atom stereocenters. The second-order valence-electron chi connectivity index (χ2n) is 7.74. The molecule has 146 valence electrons. The third-order valence-electron chi connectivity index (χ3n) is 5.83. The summed E-state index contributed by atoms with van der Waals surface area (Å²) in [6.45, 7) is 9.23. The summed E-state index contributed by atoms with van der Waals surface area (Å²) in [5, 5.41) is 7.56. The molecule has 1 amide bonds. The predicted octanol–water partition coefficient (Wildman–Crippen LogP) is 2.91. The van der Waals surface area contributed by atoms with Gasteiger partial charge in [0.1, 0.15) is 6.10 Å². The number of amides is 1. The minimum Gasteiger partial charge on any atom is -0.370 e. The monoisotopic (exact) mass is 362 g/mol. The third kappa shape index (κ3) is 5.07. The zero-order valence-electron chi connectivity index (χ0n) is 16.4. The van der Waals surface area contributed by atoms with Gasteiger partial charge >= 0.3 is 0 Å². The molecule has 26 heavy (non-hydrogen) atoms. The number of carbonyl (C=O) groups excluding carboxylic acids is 1. The van der Waals surface area contributed by atoms with E-state index in [2.05, 4.69) is 21.2 Å². The molecule has 2 aliphatic rings. The van der Waals surface area contributed by atoms with E-state index in [4.69, 9.17) is 4.74 Å². The Kier molecular flexibility index (Phi) is 7.08. The second kappa shape index (κ2) is 9.51. The summed E-state index contributed by atoms with van der Waals surface area (Å²) in [6.07, 6.45) is 7.17.